The van der Waals surface area contributed by atoms with E-state index < -0.39 is 4.92 Å². The van der Waals surface area contributed by atoms with E-state index in [-0.39, 0.29) is 5.82 Å². The van der Waals surface area contributed by atoms with E-state index in [0.717, 1.165) is 12.1 Å². The molecule has 0 aliphatic heterocycles. The van der Waals surface area contributed by atoms with E-state index in [1.54, 1.807) is 12.3 Å². The van der Waals surface area contributed by atoms with Crippen molar-refractivity contribution in [3.63, 3.8) is 0 Å². The smallest absolute Gasteiger partial charge is 0.363 e. The Morgan fingerprint density at radius 1 is 1.41 bits per heavy atom. The van der Waals surface area contributed by atoms with Crippen molar-refractivity contribution in [1.82, 2.24) is 4.98 Å². The molecule has 92 valence electrons. The fourth-order valence-electron chi connectivity index (χ4n) is 2.32. The lowest BCUT2D eigenvalue weighted by molar-refractivity contribution is -0.389. The van der Waals surface area contributed by atoms with Crippen LogP contribution < -0.4 is 5.32 Å². The first-order valence-electron chi connectivity index (χ1n) is 6.04. The van der Waals surface area contributed by atoms with Gasteiger partial charge in [0.1, 0.15) is 0 Å². The van der Waals surface area contributed by atoms with Crippen molar-refractivity contribution in [3.05, 3.63) is 28.4 Å². The van der Waals surface area contributed by atoms with Gasteiger partial charge in [-0.25, -0.2) is 0 Å². The fourth-order valence-corrected chi connectivity index (χ4v) is 2.32. The highest BCUT2D eigenvalue weighted by Gasteiger charge is 2.21. The lowest BCUT2D eigenvalue weighted by Gasteiger charge is -2.29. The van der Waals surface area contributed by atoms with E-state index in [1.807, 2.05) is 0 Å². The van der Waals surface area contributed by atoms with Gasteiger partial charge in [0, 0.05) is 12.1 Å². The minimum atomic E-state index is -0.479. The quantitative estimate of drug-likeness (QED) is 0.646. The van der Waals surface area contributed by atoms with Gasteiger partial charge in [-0.3, -0.25) is 0 Å². The molecule has 0 radical (unpaired) electrons. The second kappa shape index (κ2) is 5.12. The van der Waals surface area contributed by atoms with Crippen LogP contribution in [0.15, 0.2) is 18.3 Å². The third-order valence-electron chi connectivity index (χ3n) is 3.40. The van der Waals surface area contributed by atoms with E-state index in [9.17, 15) is 10.1 Å². The van der Waals surface area contributed by atoms with E-state index in [4.69, 9.17) is 0 Å². The Hall–Kier alpha value is -1.65. The van der Waals surface area contributed by atoms with Crippen LogP contribution in [0, 0.1) is 16.0 Å². The van der Waals surface area contributed by atoms with E-state index in [0.29, 0.717) is 12.0 Å². The number of pyridine rings is 1. The average Bonchev–Trinajstić information content (AvgIpc) is 2.33. The second-order valence-corrected chi connectivity index (χ2v) is 4.67. The third kappa shape index (κ3) is 2.93. The highest BCUT2D eigenvalue weighted by atomic mass is 16.6. The predicted molar refractivity (Wildman–Crippen MR) is 65.9 cm³/mol. The lowest BCUT2D eigenvalue weighted by Crippen LogP contribution is -2.30. The van der Waals surface area contributed by atoms with E-state index in [2.05, 4.69) is 17.2 Å². The van der Waals surface area contributed by atoms with Crippen LogP contribution >= 0.6 is 0 Å². The van der Waals surface area contributed by atoms with Gasteiger partial charge in [0.25, 0.3) is 0 Å². The second-order valence-electron chi connectivity index (χ2n) is 4.67. The van der Waals surface area contributed by atoms with Gasteiger partial charge in [0.05, 0.1) is 5.69 Å². The van der Waals surface area contributed by atoms with Gasteiger partial charge >= 0.3 is 5.82 Å². The summed E-state index contributed by atoms with van der Waals surface area (Å²) in [6.45, 7) is 2.25. The van der Waals surface area contributed by atoms with E-state index in [1.165, 1.54) is 25.3 Å². The molecular weight excluding hydrogens is 218 g/mol. The molecule has 0 bridgehead atoms. The molecule has 1 aliphatic rings. The monoisotopic (exact) mass is 235 g/mol. The summed E-state index contributed by atoms with van der Waals surface area (Å²) in [7, 11) is 0. The largest absolute Gasteiger partial charge is 0.379 e. The molecule has 5 heteroatoms. The molecule has 1 N–H and O–H groups in total. The summed E-state index contributed by atoms with van der Waals surface area (Å²) in [6.07, 6.45) is 6.51. The average molecular weight is 235 g/mol. The van der Waals surface area contributed by atoms with Crippen molar-refractivity contribution in [2.75, 3.05) is 5.32 Å². The summed E-state index contributed by atoms with van der Waals surface area (Å²) >= 11 is 0. The number of rotatable bonds is 3. The summed E-state index contributed by atoms with van der Waals surface area (Å²) in [5, 5.41) is 13.9. The number of nitrogens with one attached hydrogen (secondary N) is 1. The molecule has 2 atom stereocenters. The molecule has 1 saturated carbocycles. The Bertz CT molecular complexity index is 391. The SMILES string of the molecule is C[C@H]1CCCC[C@H]1Nc1ccc([N+](=O)[O-])nc1. The molecule has 2 rings (SSSR count). The van der Waals surface area contributed by atoms with Crippen molar-refractivity contribution >= 4 is 11.5 Å². The van der Waals surface area contributed by atoms with Gasteiger partial charge in [0.2, 0.25) is 0 Å². The first-order chi connectivity index (χ1) is 8.16. The molecule has 17 heavy (non-hydrogen) atoms. The maximum absolute atomic E-state index is 10.5. The lowest BCUT2D eigenvalue weighted by atomic mass is 9.86. The number of nitrogens with zero attached hydrogens (tertiary/aromatic N) is 2. The zero-order chi connectivity index (χ0) is 12.3. The van der Waals surface area contributed by atoms with Crippen molar-refractivity contribution < 1.29 is 4.92 Å². The zero-order valence-corrected chi connectivity index (χ0v) is 9.93. The van der Waals surface area contributed by atoms with Gasteiger partial charge in [-0.15, -0.1) is 0 Å². The van der Waals surface area contributed by atoms with Gasteiger partial charge in [-0.2, -0.15) is 0 Å². The van der Waals surface area contributed by atoms with Crippen LogP contribution in [-0.4, -0.2) is 15.9 Å². The summed E-state index contributed by atoms with van der Waals surface area (Å²) in [4.78, 5) is 13.8. The fraction of sp³-hybridized carbons (Fsp3) is 0.583. The predicted octanol–water partition coefficient (Wildman–Crippen LogP) is 2.98. The van der Waals surface area contributed by atoms with Crippen LogP contribution in [0.5, 0.6) is 0 Å². The topological polar surface area (TPSA) is 68.1 Å². The minimum Gasteiger partial charge on any atom is -0.379 e. The zero-order valence-electron chi connectivity index (χ0n) is 9.93. The number of anilines is 1. The molecule has 1 heterocycles. The van der Waals surface area contributed by atoms with Crippen LogP contribution in [0.25, 0.3) is 0 Å². The summed E-state index contributed by atoms with van der Waals surface area (Å²) in [5.74, 6) is 0.547. The molecular formula is C12H17N3O2. The molecule has 0 unspecified atom stereocenters. The van der Waals surface area contributed by atoms with Crippen LogP contribution in [0.1, 0.15) is 32.6 Å². The van der Waals surface area contributed by atoms with Gasteiger partial charge in [-0.1, -0.05) is 19.8 Å². The molecule has 1 aromatic heterocycles. The van der Waals surface area contributed by atoms with Crippen molar-refractivity contribution in [2.45, 2.75) is 38.6 Å². The Balaban J connectivity index is 2.00. The standard InChI is InChI=1S/C12H17N3O2/c1-9-4-2-3-5-11(9)14-10-6-7-12(13-8-10)15(16)17/h6-9,11,14H,2-5H2,1H3/t9-,11+/m0/s1. The summed E-state index contributed by atoms with van der Waals surface area (Å²) in [6, 6.07) is 3.63. The number of aromatic nitrogens is 1. The van der Waals surface area contributed by atoms with Crippen LogP contribution in [0.4, 0.5) is 11.5 Å². The summed E-state index contributed by atoms with van der Waals surface area (Å²) in [5.41, 5.74) is 0.870. The highest BCUT2D eigenvalue weighted by molar-refractivity contribution is 5.44. The summed E-state index contributed by atoms with van der Waals surface area (Å²) < 4.78 is 0. The van der Waals surface area contributed by atoms with Crippen molar-refractivity contribution in [3.8, 4) is 0 Å². The normalized spacial score (nSPS) is 24.3. The Morgan fingerprint density at radius 2 is 2.18 bits per heavy atom. The first-order valence-corrected chi connectivity index (χ1v) is 6.04. The minimum absolute atomic E-state index is 0.104. The molecule has 1 aromatic rings. The Morgan fingerprint density at radius 3 is 2.76 bits per heavy atom. The van der Waals surface area contributed by atoms with Crippen LogP contribution in [0.2, 0.25) is 0 Å². The van der Waals surface area contributed by atoms with Crippen LogP contribution in [0.3, 0.4) is 0 Å². The Labute approximate surface area is 100 Å². The molecule has 1 fully saturated rings. The van der Waals surface area contributed by atoms with Crippen LogP contribution in [-0.2, 0) is 0 Å². The molecule has 0 spiro atoms. The Kier molecular flexibility index (Phi) is 3.56. The van der Waals surface area contributed by atoms with Gasteiger partial charge in [0.15, 0.2) is 6.20 Å². The number of hydrogen-bond donors (Lipinski definition) is 1. The highest BCUT2D eigenvalue weighted by Crippen LogP contribution is 2.26. The first kappa shape index (κ1) is 11.8. The van der Waals surface area contributed by atoms with Gasteiger partial charge in [-0.05, 0) is 34.7 Å². The molecule has 5 nitrogen and oxygen atoms in total. The third-order valence-corrected chi connectivity index (χ3v) is 3.40. The van der Waals surface area contributed by atoms with Crippen molar-refractivity contribution in [1.29, 1.82) is 0 Å². The molecule has 1 aliphatic carbocycles. The molecule has 0 aromatic carbocycles. The maximum Gasteiger partial charge on any atom is 0.363 e. The number of nitro groups is 1. The molecule has 0 saturated heterocycles. The maximum atomic E-state index is 10.5. The molecule has 0 amide bonds. The van der Waals surface area contributed by atoms with Gasteiger partial charge < -0.3 is 15.4 Å². The van der Waals surface area contributed by atoms with Crippen molar-refractivity contribution in [2.24, 2.45) is 5.92 Å². The van der Waals surface area contributed by atoms with E-state index >= 15 is 0 Å². The number of hydrogen-bond acceptors (Lipinski definition) is 4.